The molecule has 33 heavy (non-hydrogen) atoms. The van der Waals surface area contributed by atoms with Crippen molar-refractivity contribution in [2.45, 2.75) is 57.3 Å². The molecule has 3 aromatic rings. The number of carbonyl (C=O) groups excluding carboxylic acids is 1. The Balaban J connectivity index is 1.38. The maximum absolute atomic E-state index is 13.7. The molecule has 1 saturated heterocycles. The number of amides is 1. The smallest absolute Gasteiger partial charge is 0.331 e. The van der Waals surface area contributed by atoms with Crippen LogP contribution in [0.4, 0.5) is 13.2 Å². The normalized spacial score (nSPS) is 22.2. The highest BCUT2D eigenvalue weighted by Gasteiger charge is 2.50. The van der Waals surface area contributed by atoms with E-state index in [0.29, 0.717) is 18.0 Å². The Morgan fingerprint density at radius 3 is 2.70 bits per heavy atom. The fourth-order valence-electron chi connectivity index (χ4n) is 4.75. The van der Waals surface area contributed by atoms with E-state index in [1.54, 1.807) is 0 Å². The lowest BCUT2D eigenvalue weighted by Crippen LogP contribution is -2.45. The summed E-state index contributed by atoms with van der Waals surface area (Å²) in [5.41, 5.74) is 0.498. The first-order chi connectivity index (χ1) is 15.8. The second-order valence-corrected chi connectivity index (χ2v) is 9.88. The van der Waals surface area contributed by atoms with Gasteiger partial charge in [0.1, 0.15) is 17.2 Å². The summed E-state index contributed by atoms with van der Waals surface area (Å²) in [6.45, 7) is 1.90. The number of rotatable bonds is 5. The van der Waals surface area contributed by atoms with Gasteiger partial charge in [0.2, 0.25) is 0 Å². The zero-order valence-corrected chi connectivity index (χ0v) is 18.9. The van der Waals surface area contributed by atoms with Gasteiger partial charge in [0.25, 0.3) is 5.91 Å². The third kappa shape index (κ3) is 4.51. The summed E-state index contributed by atoms with van der Waals surface area (Å²) < 4.78 is 39.0. The van der Waals surface area contributed by atoms with E-state index >= 15 is 0 Å². The summed E-state index contributed by atoms with van der Waals surface area (Å²) >= 11 is 1.50. The van der Waals surface area contributed by atoms with Crippen LogP contribution in [0, 0.1) is 12.8 Å². The van der Waals surface area contributed by atoms with Gasteiger partial charge in [-0.05, 0) is 50.2 Å². The van der Waals surface area contributed by atoms with E-state index in [9.17, 15) is 18.0 Å². The Kier molecular flexibility index (Phi) is 5.68. The number of likely N-dealkylation sites (tertiary alicyclic amines) is 1. The Morgan fingerprint density at radius 2 is 1.94 bits per heavy atom. The molecule has 172 valence electrons. The number of hydrogen-bond acceptors (Lipinski definition) is 5. The number of benzene rings is 1. The number of thiazole rings is 1. The van der Waals surface area contributed by atoms with Crippen LogP contribution in [-0.4, -0.2) is 37.8 Å². The summed E-state index contributed by atoms with van der Waals surface area (Å²) in [4.78, 5) is 28.9. The summed E-state index contributed by atoms with van der Waals surface area (Å²) in [6, 6.07) is 10.8. The Morgan fingerprint density at radius 1 is 1.15 bits per heavy atom. The molecule has 0 radical (unpaired) electrons. The average Bonchev–Trinajstić information content (AvgIpc) is 3.49. The van der Waals surface area contributed by atoms with Crippen LogP contribution in [0.1, 0.15) is 52.7 Å². The number of aromatic nitrogens is 3. The predicted octanol–water partition coefficient (Wildman–Crippen LogP) is 5.55. The lowest BCUT2D eigenvalue weighted by atomic mass is 9.97. The molecular formula is C24H23F3N4OS. The first kappa shape index (κ1) is 22.0. The zero-order valence-electron chi connectivity index (χ0n) is 18.0. The van der Waals surface area contributed by atoms with Crippen molar-refractivity contribution in [1.29, 1.82) is 0 Å². The van der Waals surface area contributed by atoms with Crippen molar-refractivity contribution in [2.24, 2.45) is 5.92 Å². The van der Waals surface area contributed by atoms with E-state index in [4.69, 9.17) is 0 Å². The predicted molar refractivity (Wildman–Crippen MR) is 119 cm³/mol. The fraction of sp³-hybridized carbons (Fsp3) is 0.417. The molecule has 2 aliphatic rings. The lowest BCUT2D eigenvalue weighted by Gasteiger charge is -2.35. The monoisotopic (exact) mass is 472 g/mol. The second kappa shape index (κ2) is 8.52. The van der Waals surface area contributed by atoms with Crippen LogP contribution < -0.4 is 0 Å². The van der Waals surface area contributed by atoms with Gasteiger partial charge in [-0.3, -0.25) is 4.79 Å². The van der Waals surface area contributed by atoms with Gasteiger partial charge < -0.3 is 4.90 Å². The summed E-state index contributed by atoms with van der Waals surface area (Å²) in [7, 11) is 0. The zero-order chi connectivity index (χ0) is 23.2. The van der Waals surface area contributed by atoms with Crippen LogP contribution >= 0.6 is 11.3 Å². The molecule has 9 heteroatoms. The minimum absolute atomic E-state index is 0.0648. The molecule has 0 N–H and O–H groups in total. The van der Waals surface area contributed by atoms with E-state index in [-0.39, 0.29) is 30.2 Å². The second-order valence-electron chi connectivity index (χ2n) is 8.68. The quantitative estimate of drug-likeness (QED) is 0.488. The van der Waals surface area contributed by atoms with Crippen molar-refractivity contribution in [3.05, 3.63) is 64.8 Å². The van der Waals surface area contributed by atoms with Crippen LogP contribution in [0.5, 0.6) is 0 Å². The van der Waals surface area contributed by atoms with Gasteiger partial charge in [0.15, 0.2) is 0 Å². The van der Waals surface area contributed by atoms with Crippen LogP contribution in [0.2, 0.25) is 0 Å². The molecule has 1 amide bonds. The van der Waals surface area contributed by atoms with Crippen molar-refractivity contribution in [3.63, 3.8) is 0 Å². The molecule has 1 aliphatic heterocycles. The molecule has 1 aromatic carbocycles. The fourth-order valence-corrected chi connectivity index (χ4v) is 5.67. The third-order valence-electron chi connectivity index (χ3n) is 6.41. The molecule has 2 unspecified atom stereocenters. The minimum atomic E-state index is -4.50. The van der Waals surface area contributed by atoms with Crippen molar-refractivity contribution < 1.29 is 18.0 Å². The number of carbonyl (C=O) groups is 1. The Labute approximate surface area is 193 Å². The SMILES string of the molecule is Cc1nc(C(=O)N2C3CC3CC[C@H]2CCc2nccc(C(F)(F)F)n2)c(-c2ccccc2)s1. The van der Waals surface area contributed by atoms with E-state index in [1.165, 1.54) is 11.3 Å². The van der Waals surface area contributed by atoms with Gasteiger partial charge in [0, 0.05) is 24.7 Å². The van der Waals surface area contributed by atoms with Crippen LogP contribution in [-0.2, 0) is 12.6 Å². The average molecular weight is 473 g/mol. The van der Waals surface area contributed by atoms with Crippen LogP contribution in [0.25, 0.3) is 10.4 Å². The number of alkyl halides is 3. The van der Waals surface area contributed by atoms with Gasteiger partial charge in [-0.2, -0.15) is 13.2 Å². The van der Waals surface area contributed by atoms with Gasteiger partial charge in [-0.1, -0.05) is 30.3 Å². The molecule has 2 fully saturated rings. The third-order valence-corrected chi connectivity index (χ3v) is 7.43. The highest BCUT2D eigenvalue weighted by molar-refractivity contribution is 7.15. The maximum atomic E-state index is 13.7. The molecule has 3 atom stereocenters. The van der Waals surface area contributed by atoms with Gasteiger partial charge in [-0.25, -0.2) is 15.0 Å². The first-order valence-corrected chi connectivity index (χ1v) is 11.9. The molecular weight excluding hydrogens is 449 g/mol. The van der Waals surface area contributed by atoms with E-state index in [2.05, 4.69) is 15.0 Å². The number of halogens is 3. The van der Waals surface area contributed by atoms with Gasteiger partial charge in [-0.15, -0.1) is 11.3 Å². The summed E-state index contributed by atoms with van der Waals surface area (Å²) in [6.07, 6.45) is 0.307. The van der Waals surface area contributed by atoms with E-state index in [0.717, 1.165) is 47.0 Å². The number of hydrogen-bond donors (Lipinski definition) is 0. The van der Waals surface area contributed by atoms with Crippen molar-refractivity contribution in [2.75, 3.05) is 0 Å². The van der Waals surface area contributed by atoms with E-state index < -0.39 is 11.9 Å². The molecule has 5 rings (SSSR count). The van der Waals surface area contributed by atoms with Crippen molar-refractivity contribution in [3.8, 4) is 10.4 Å². The molecule has 1 saturated carbocycles. The van der Waals surface area contributed by atoms with Crippen LogP contribution in [0.3, 0.4) is 0 Å². The molecule has 5 nitrogen and oxygen atoms in total. The maximum Gasteiger partial charge on any atom is 0.433 e. The lowest BCUT2D eigenvalue weighted by molar-refractivity contribution is -0.141. The highest BCUT2D eigenvalue weighted by Crippen LogP contribution is 2.47. The number of fused-ring (bicyclic) bond motifs is 1. The number of piperidine rings is 1. The first-order valence-electron chi connectivity index (χ1n) is 11.1. The topological polar surface area (TPSA) is 59.0 Å². The summed E-state index contributed by atoms with van der Waals surface area (Å²) in [5.74, 6) is 0.583. The van der Waals surface area contributed by atoms with Crippen molar-refractivity contribution in [1.82, 2.24) is 19.9 Å². The number of nitrogens with zero attached hydrogens (tertiary/aromatic N) is 4. The standard InChI is InChI=1S/C24H23F3N4OS/c1-14-29-21(22(33-14)15-5-3-2-4-6-15)23(32)31-17(8-7-16-13-18(16)31)9-10-20-28-12-11-19(30-20)24(25,26)27/h2-6,11-12,16-18H,7-10,13H2,1H3/t16?,17-,18?/m0/s1. The van der Waals surface area contributed by atoms with Gasteiger partial charge in [0.05, 0.1) is 9.88 Å². The van der Waals surface area contributed by atoms with Gasteiger partial charge >= 0.3 is 6.18 Å². The molecule has 2 aromatic heterocycles. The molecule has 1 aliphatic carbocycles. The Bertz CT molecular complexity index is 1160. The van der Waals surface area contributed by atoms with Crippen LogP contribution in [0.15, 0.2) is 42.6 Å². The molecule has 0 bridgehead atoms. The minimum Gasteiger partial charge on any atom is -0.331 e. The molecule has 3 heterocycles. The van der Waals surface area contributed by atoms with Crippen molar-refractivity contribution >= 4 is 17.2 Å². The summed E-state index contributed by atoms with van der Waals surface area (Å²) in [5, 5.41) is 0.829. The van der Waals surface area contributed by atoms with E-state index in [1.807, 2.05) is 42.2 Å². The largest absolute Gasteiger partial charge is 0.433 e. The highest BCUT2D eigenvalue weighted by atomic mass is 32.1. The number of aryl methyl sites for hydroxylation is 2. The molecule has 0 spiro atoms. The Hall–Kier alpha value is -2.81.